The minimum atomic E-state index is -0.146. The normalized spacial score (nSPS) is 32.7. The zero-order valence-corrected chi connectivity index (χ0v) is 15.6. The zero-order valence-electron chi connectivity index (χ0n) is 15.6. The number of methoxy groups -OCH3 is 1. The van der Waals surface area contributed by atoms with Crippen LogP contribution < -0.4 is 0 Å². The number of ether oxygens (including phenoxy) is 2. The highest BCUT2D eigenvalue weighted by molar-refractivity contribution is 5.90. The molecule has 3 heteroatoms. The Bertz CT molecular complexity index is 590. The van der Waals surface area contributed by atoms with Gasteiger partial charge in [0, 0.05) is 19.1 Å². The summed E-state index contributed by atoms with van der Waals surface area (Å²) in [4.78, 5) is 12.1. The van der Waals surface area contributed by atoms with Gasteiger partial charge in [0.05, 0.1) is 6.10 Å². The maximum atomic E-state index is 12.1. The third-order valence-corrected chi connectivity index (χ3v) is 4.89. The maximum absolute atomic E-state index is 12.1. The van der Waals surface area contributed by atoms with E-state index in [1.54, 1.807) is 7.11 Å². The van der Waals surface area contributed by atoms with E-state index in [0.29, 0.717) is 5.92 Å². The monoisotopic (exact) mass is 330 g/mol. The molecule has 24 heavy (non-hydrogen) atoms. The number of carbonyl (C=O) groups excluding carboxylic acids is 1. The Morgan fingerprint density at radius 3 is 2.62 bits per heavy atom. The van der Waals surface area contributed by atoms with Crippen molar-refractivity contribution in [3.63, 3.8) is 0 Å². The predicted octanol–water partition coefficient (Wildman–Crippen LogP) is 4.90. The lowest BCUT2D eigenvalue weighted by molar-refractivity contribution is -0.139. The quantitative estimate of drug-likeness (QED) is 0.533. The predicted molar refractivity (Wildman–Crippen MR) is 97.7 cm³/mol. The van der Waals surface area contributed by atoms with Gasteiger partial charge in [-0.05, 0) is 50.7 Å². The Morgan fingerprint density at radius 2 is 1.96 bits per heavy atom. The lowest BCUT2D eigenvalue weighted by Crippen LogP contribution is -2.12. The molecule has 0 aromatic carbocycles. The largest absolute Gasteiger partial charge is 0.454 e. The minimum absolute atomic E-state index is 0.0878. The van der Waals surface area contributed by atoms with Gasteiger partial charge in [-0.2, -0.15) is 0 Å². The Labute approximate surface area is 146 Å². The van der Waals surface area contributed by atoms with Crippen molar-refractivity contribution >= 4 is 5.97 Å². The van der Waals surface area contributed by atoms with Crippen LogP contribution in [0.2, 0.25) is 0 Å². The third kappa shape index (κ3) is 4.94. The van der Waals surface area contributed by atoms with Crippen LogP contribution in [0.3, 0.4) is 0 Å². The van der Waals surface area contributed by atoms with Gasteiger partial charge in [0.1, 0.15) is 6.10 Å². The Kier molecular flexibility index (Phi) is 6.61. The molecular formula is C21H30O3. The summed E-state index contributed by atoms with van der Waals surface area (Å²) in [6.07, 6.45) is 11.8. The number of esters is 1. The SMILES string of the molecule is CO[C@@H]1C/C=C(\C)C[C@@H]2C=C(CC/C(C(C)C)=C\C=C\1C)C(=O)O2. The van der Waals surface area contributed by atoms with Gasteiger partial charge in [0.2, 0.25) is 0 Å². The smallest absolute Gasteiger partial charge is 0.334 e. The van der Waals surface area contributed by atoms with Crippen molar-refractivity contribution in [3.05, 3.63) is 46.6 Å². The van der Waals surface area contributed by atoms with E-state index in [0.717, 1.165) is 31.3 Å². The van der Waals surface area contributed by atoms with Crippen LogP contribution >= 0.6 is 0 Å². The van der Waals surface area contributed by atoms with Crippen LogP contribution in [0.5, 0.6) is 0 Å². The van der Waals surface area contributed by atoms with Crippen molar-refractivity contribution in [1.82, 2.24) is 0 Å². The highest BCUT2D eigenvalue weighted by Gasteiger charge is 2.25. The van der Waals surface area contributed by atoms with Crippen molar-refractivity contribution in [2.24, 2.45) is 5.92 Å². The average Bonchev–Trinajstić information content (AvgIpc) is 2.86. The fourth-order valence-electron chi connectivity index (χ4n) is 3.19. The van der Waals surface area contributed by atoms with Crippen molar-refractivity contribution < 1.29 is 14.3 Å². The van der Waals surface area contributed by atoms with Gasteiger partial charge in [0.25, 0.3) is 0 Å². The van der Waals surface area contributed by atoms with E-state index < -0.39 is 0 Å². The average molecular weight is 330 g/mol. The van der Waals surface area contributed by atoms with Crippen LogP contribution in [0.4, 0.5) is 0 Å². The van der Waals surface area contributed by atoms with E-state index in [2.05, 4.69) is 45.9 Å². The van der Waals surface area contributed by atoms with Crippen LogP contribution in [0.15, 0.2) is 46.6 Å². The molecule has 0 saturated heterocycles. The second kappa shape index (κ2) is 8.48. The molecule has 0 aromatic heterocycles. The number of hydrogen-bond donors (Lipinski definition) is 0. The molecule has 1 aliphatic carbocycles. The topological polar surface area (TPSA) is 35.5 Å². The van der Waals surface area contributed by atoms with Gasteiger partial charge < -0.3 is 9.47 Å². The van der Waals surface area contributed by atoms with E-state index in [-0.39, 0.29) is 18.2 Å². The third-order valence-electron chi connectivity index (χ3n) is 4.89. The molecule has 132 valence electrons. The molecular weight excluding hydrogens is 300 g/mol. The van der Waals surface area contributed by atoms with Crippen molar-refractivity contribution in [2.45, 2.75) is 65.6 Å². The highest BCUT2D eigenvalue weighted by Crippen LogP contribution is 2.27. The van der Waals surface area contributed by atoms with Crippen LogP contribution in [0.1, 0.15) is 53.4 Å². The molecule has 0 fully saturated rings. The summed E-state index contributed by atoms with van der Waals surface area (Å²) in [6.45, 7) is 8.61. The molecule has 2 aliphatic rings. The second-order valence-electron chi connectivity index (χ2n) is 7.16. The van der Waals surface area contributed by atoms with Gasteiger partial charge >= 0.3 is 5.97 Å². The number of allylic oxidation sites excluding steroid dienone is 3. The second-order valence-corrected chi connectivity index (χ2v) is 7.16. The van der Waals surface area contributed by atoms with E-state index in [1.807, 2.05) is 6.08 Å². The van der Waals surface area contributed by atoms with Gasteiger partial charge in [-0.1, -0.05) is 43.2 Å². The first-order chi connectivity index (χ1) is 11.4. The Morgan fingerprint density at radius 1 is 1.21 bits per heavy atom. The lowest BCUT2D eigenvalue weighted by atomic mass is 9.94. The summed E-state index contributed by atoms with van der Waals surface area (Å²) in [6, 6.07) is 0. The summed E-state index contributed by atoms with van der Waals surface area (Å²) in [5.74, 6) is 0.311. The molecule has 2 bridgehead atoms. The molecule has 1 heterocycles. The molecule has 2 rings (SSSR count). The fraction of sp³-hybridized carbons (Fsp3) is 0.571. The maximum Gasteiger partial charge on any atom is 0.334 e. The molecule has 0 saturated carbocycles. The first-order valence-corrected chi connectivity index (χ1v) is 8.88. The van der Waals surface area contributed by atoms with Gasteiger partial charge in [-0.15, -0.1) is 0 Å². The summed E-state index contributed by atoms with van der Waals surface area (Å²) in [7, 11) is 1.76. The lowest BCUT2D eigenvalue weighted by Gasteiger charge is -2.16. The summed E-state index contributed by atoms with van der Waals surface area (Å²) < 4.78 is 11.2. The van der Waals surface area contributed by atoms with Crippen LogP contribution in [0.25, 0.3) is 0 Å². The van der Waals surface area contributed by atoms with Crippen molar-refractivity contribution in [3.8, 4) is 0 Å². The van der Waals surface area contributed by atoms with Crippen LogP contribution in [-0.4, -0.2) is 25.3 Å². The molecule has 0 amide bonds. The van der Waals surface area contributed by atoms with Gasteiger partial charge in [-0.25, -0.2) is 4.79 Å². The molecule has 1 aliphatic heterocycles. The Balaban J connectivity index is 2.31. The molecule has 3 nitrogen and oxygen atoms in total. The molecule has 0 spiro atoms. The molecule has 0 unspecified atom stereocenters. The summed E-state index contributed by atoms with van der Waals surface area (Å²) >= 11 is 0. The van der Waals surface area contributed by atoms with Gasteiger partial charge in [0.15, 0.2) is 0 Å². The van der Waals surface area contributed by atoms with Crippen LogP contribution in [-0.2, 0) is 14.3 Å². The van der Waals surface area contributed by atoms with E-state index in [1.165, 1.54) is 16.7 Å². The van der Waals surface area contributed by atoms with Crippen LogP contribution in [0, 0.1) is 5.92 Å². The Hall–Kier alpha value is -1.61. The number of carbonyl (C=O) groups is 1. The van der Waals surface area contributed by atoms with Gasteiger partial charge in [-0.3, -0.25) is 0 Å². The summed E-state index contributed by atoms with van der Waals surface area (Å²) in [5.41, 5.74) is 4.64. The first-order valence-electron chi connectivity index (χ1n) is 8.88. The molecule has 0 N–H and O–H groups in total. The number of hydrogen-bond acceptors (Lipinski definition) is 3. The van der Waals surface area contributed by atoms with E-state index in [4.69, 9.17) is 9.47 Å². The van der Waals surface area contributed by atoms with E-state index in [9.17, 15) is 4.79 Å². The molecule has 0 aromatic rings. The van der Waals surface area contributed by atoms with Crippen molar-refractivity contribution in [2.75, 3.05) is 7.11 Å². The first kappa shape index (κ1) is 18.7. The van der Waals surface area contributed by atoms with E-state index >= 15 is 0 Å². The molecule has 0 radical (unpaired) electrons. The zero-order chi connectivity index (χ0) is 17.7. The summed E-state index contributed by atoms with van der Waals surface area (Å²) in [5, 5.41) is 0. The number of rotatable bonds is 2. The highest BCUT2D eigenvalue weighted by atomic mass is 16.5. The fourth-order valence-corrected chi connectivity index (χ4v) is 3.19. The number of fused-ring (bicyclic) bond motifs is 1. The standard InChI is InChI=1S/C21H30O3/c1-14(2)17-8-7-16(4)20(23-5)11-6-15(3)12-19-13-18(10-9-17)21(22)24-19/h6-8,13-14,19-20H,9-12H2,1-5H3/b15-6+,16-7+,17-8+/t19-,20-/m1/s1. The van der Waals surface area contributed by atoms with Crippen molar-refractivity contribution in [1.29, 1.82) is 0 Å². The minimum Gasteiger partial charge on any atom is -0.454 e. The molecule has 2 atom stereocenters.